The molecule has 0 bridgehead atoms. The molecule has 0 unspecified atom stereocenters. The molecule has 1 aromatic carbocycles. The highest BCUT2D eigenvalue weighted by Crippen LogP contribution is 2.35. The van der Waals surface area contributed by atoms with Crippen molar-refractivity contribution in [1.29, 1.82) is 0 Å². The van der Waals surface area contributed by atoms with Gasteiger partial charge in [0.1, 0.15) is 24.9 Å². The standard InChI is InChI=1S/C23H26N4O5/c1-15-18(14-29-2)23(25-27-21(28)5-8-24-22(15)27)26-9-6-16(7-10-26)32-17-3-4-19-20(13-17)31-12-11-30-19/h3-5,8,13,16H,6-7,9-12,14H2,1-2H3/i11D2,12D2,16D. The molecular formula is C23H26N4O5. The Kier molecular flexibility index (Phi) is 4.19. The Labute approximate surface area is 192 Å². The van der Waals surface area contributed by atoms with E-state index in [1.807, 2.05) is 11.8 Å². The van der Waals surface area contributed by atoms with Crippen molar-refractivity contribution in [3.63, 3.8) is 0 Å². The van der Waals surface area contributed by atoms with E-state index in [4.69, 9.17) is 25.8 Å². The van der Waals surface area contributed by atoms with E-state index in [1.165, 1.54) is 35.0 Å². The summed E-state index contributed by atoms with van der Waals surface area (Å²) < 4.78 is 62.8. The number of rotatable bonds is 5. The third-order valence-corrected chi connectivity index (χ3v) is 5.53. The van der Waals surface area contributed by atoms with E-state index < -0.39 is 19.2 Å². The molecule has 2 aliphatic heterocycles. The van der Waals surface area contributed by atoms with Crippen LogP contribution in [0.3, 0.4) is 0 Å². The van der Waals surface area contributed by atoms with Crippen LogP contribution in [0.4, 0.5) is 5.82 Å². The van der Waals surface area contributed by atoms with Crippen LogP contribution in [0.25, 0.3) is 5.65 Å². The Morgan fingerprint density at radius 3 is 2.78 bits per heavy atom. The zero-order chi connectivity index (χ0) is 26.6. The summed E-state index contributed by atoms with van der Waals surface area (Å²) in [4.78, 5) is 18.7. The minimum absolute atomic E-state index is 0.00208. The van der Waals surface area contributed by atoms with Crippen molar-refractivity contribution < 1.29 is 25.8 Å². The largest absolute Gasteiger partial charge is 0.490 e. The van der Waals surface area contributed by atoms with Gasteiger partial charge in [0.25, 0.3) is 5.56 Å². The second-order valence-corrected chi connectivity index (χ2v) is 7.52. The Morgan fingerprint density at radius 1 is 1.22 bits per heavy atom. The van der Waals surface area contributed by atoms with Crippen LogP contribution >= 0.6 is 0 Å². The lowest BCUT2D eigenvalue weighted by molar-refractivity contribution is 0.158. The first-order valence-electron chi connectivity index (χ1n) is 12.8. The number of ether oxygens (including phenoxy) is 4. The highest BCUT2D eigenvalue weighted by molar-refractivity contribution is 5.59. The zero-order valence-corrected chi connectivity index (χ0v) is 17.8. The molecule has 168 valence electrons. The molecular weight excluding hydrogens is 412 g/mol. The number of anilines is 1. The second-order valence-electron chi connectivity index (χ2n) is 7.52. The molecule has 3 aromatic rings. The van der Waals surface area contributed by atoms with Gasteiger partial charge in [-0.2, -0.15) is 4.52 Å². The van der Waals surface area contributed by atoms with Crippen LogP contribution in [0.5, 0.6) is 17.2 Å². The molecule has 0 N–H and O–H groups in total. The first-order chi connectivity index (χ1) is 17.4. The summed E-state index contributed by atoms with van der Waals surface area (Å²) in [6.45, 7) is -2.31. The fraction of sp³-hybridized carbons (Fsp3) is 0.435. The van der Waals surface area contributed by atoms with Crippen molar-refractivity contribution in [2.75, 3.05) is 38.2 Å². The minimum Gasteiger partial charge on any atom is -0.490 e. The van der Waals surface area contributed by atoms with E-state index >= 15 is 0 Å². The Balaban J connectivity index is 1.36. The van der Waals surface area contributed by atoms with Crippen LogP contribution in [0.15, 0.2) is 35.3 Å². The zero-order valence-electron chi connectivity index (χ0n) is 22.8. The summed E-state index contributed by atoms with van der Waals surface area (Å²) in [7, 11) is 1.59. The molecule has 1 saturated heterocycles. The molecule has 1 fully saturated rings. The molecule has 0 spiro atoms. The van der Waals surface area contributed by atoms with Crippen LogP contribution in [-0.4, -0.2) is 54.0 Å². The third-order valence-electron chi connectivity index (χ3n) is 5.53. The monoisotopic (exact) mass is 443 g/mol. The van der Waals surface area contributed by atoms with Crippen molar-refractivity contribution in [2.45, 2.75) is 32.5 Å². The van der Waals surface area contributed by atoms with Gasteiger partial charge in [-0.15, -0.1) is 5.10 Å². The highest BCUT2D eigenvalue weighted by atomic mass is 16.6. The van der Waals surface area contributed by atoms with Crippen molar-refractivity contribution in [3.05, 3.63) is 51.9 Å². The van der Waals surface area contributed by atoms with Crippen molar-refractivity contribution >= 4 is 11.5 Å². The van der Waals surface area contributed by atoms with Crippen molar-refractivity contribution in [1.82, 2.24) is 14.6 Å². The average Bonchev–Trinajstić information content (AvgIpc) is 2.82. The normalized spacial score (nSPS) is 22.8. The van der Waals surface area contributed by atoms with E-state index in [0.29, 0.717) is 37.4 Å². The molecule has 9 heteroatoms. The lowest BCUT2D eigenvalue weighted by atomic mass is 10.1. The maximum absolute atomic E-state index is 12.4. The highest BCUT2D eigenvalue weighted by Gasteiger charge is 2.26. The number of aryl methyl sites for hydroxylation is 1. The molecule has 2 aliphatic rings. The number of benzene rings is 1. The van der Waals surface area contributed by atoms with Gasteiger partial charge in [-0.1, -0.05) is 0 Å². The Morgan fingerprint density at radius 2 is 2.00 bits per heavy atom. The molecule has 0 aliphatic carbocycles. The summed E-state index contributed by atoms with van der Waals surface area (Å²) >= 11 is 0. The van der Waals surface area contributed by atoms with Gasteiger partial charge in [0, 0.05) is 62.5 Å². The fourth-order valence-corrected chi connectivity index (χ4v) is 3.89. The number of fused-ring (bicyclic) bond motifs is 2. The predicted octanol–water partition coefficient (Wildman–Crippen LogP) is 2.36. The van der Waals surface area contributed by atoms with Crippen LogP contribution in [0.2, 0.25) is 0 Å². The maximum Gasteiger partial charge on any atom is 0.274 e. The summed E-state index contributed by atoms with van der Waals surface area (Å²) in [6.07, 6.45) is 0.812. The molecule has 0 radical (unpaired) electrons. The van der Waals surface area contributed by atoms with E-state index in [9.17, 15) is 4.79 Å². The molecule has 2 aromatic heterocycles. The molecule has 32 heavy (non-hydrogen) atoms. The maximum atomic E-state index is 12.4. The lowest BCUT2D eigenvalue weighted by Gasteiger charge is -2.34. The molecule has 9 nitrogen and oxygen atoms in total. The van der Waals surface area contributed by atoms with E-state index in [2.05, 4.69) is 10.1 Å². The number of piperidine rings is 1. The van der Waals surface area contributed by atoms with Gasteiger partial charge in [0.2, 0.25) is 0 Å². The number of nitrogens with zero attached hydrogens (tertiary/aromatic N) is 4. The van der Waals surface area contributed by atoms with Gasteiger partial charge in [-0.05, 0) is 19.1 Å². The number of aromatic nitrogens is 3. The summed E-state index contributed by atoms with van der Waals surface area (Å²) in [6, 6.07) is 5.72. The van der Waals surface area contributed by atoms with Gasteiger partial charge in [-0.25, -0.2) is 4.98 Å². The van der Waals surface area contributed by atoms with Gasteiger partial charge in [-0.3, -0.25) is 4.79 Å². The molecule has 0 amide bonds. The first-order valence-corrected chi connectivity index (χ1v) is 10.3. The number of hydrogen-bond donors (Lipinski definition) is 0. The van der Waals surface area contributed by atoms with Gasteiger partial charge in [0.05, 0.1) is 13.5 Å². The fourth-order valence-electron chi connectivity index (χ4n) is 3.89. The molecule has 4 heterocycles. The van der Waals surface area contributed by atoms with Gasteiger partial charge < -0.3 is 23.8 Å². The van der Waals surface area contributed by atoms with Gasteiger partial charge >= 0.3 is 0 Å². The summed E-state index contributed by atoms with van der Waals surface area (Å²) in [5.41, 5.74) is 1.79. The summed E-state index contributed by atoms with van der Waals surface area (Å²) in [5.74, 6) is 0.925. The first kappa shape index (κ1) is 15.5. The quantitative estimate of drug-likeness (QED) is 0.594. The smallest absolute Gasteiger partial charge is 0.274 e. The molecule has 0 saturated carbocycles. The SMILES string of the molecule is [2H]C1(Oc2ccc3c(c2)OC([2H])([2H])C([2H])([2H])O3)CCN(c2nn3c(=O)ccnc3c(C)c2COC)CC1. The van der Waals surface area contributed by atoms with Crippen molar-refractivity contribution in [2.24, 2.45) is 0 Å². The minimum atomic E-state index is -2.69. The topological polar surface area (TPSA) is 87.4 Å². The third kappa shape index (κ3) is 3.84. The predicted molar refractivity (Wildman–Crippen MR) is 118 cm³/mol. The van der Waals surface area contributed by atoms with E-state index in [1.54, 1.807) is 7.11 Å². The van der Waals surface area contributed by atoms with Gasteiger partial charge in [0.15, 0.2) is 23.0 Å². The average molecular weight is 444 g/mol. The lowest BCUT2D eigenvalue weighted by Crippen LogP contribution is -2.40. The van der Waals surface area contributed by atoms with E-state index in [-0.39, 0.29) is 29.4 Å². The Bertz CT molecular complexity index is 1410. The van der Waals surface area contributed by atoms with Crippen molar-refractivity contribution in [3.8, 4) is 17.2 Å². The van der Waals surface area contributed by atoms with Crippen LogP contribution in [-0.2, 0) is 11.3 Å². The number of hydrogen-bond acceptors (Lipinski definition) is 8. The van der Waals surface area contributed by atoms with E-state index in [0.717, 1.165) is 11.1 Å². The summed E-state index contributed by atoms with van der Waals surface area (Å²) in [5, 5.41) is 4.57. The van der Waals surface area contributed by atoms with Crippen LogP contribution in [0.1, 0.15) is 30.8 Å². The molecule has 5 rings (SSSR count). The van der Waals surface area contributed by atoms with Crippen LogP contribution in [0, 0.1) is 6.92 Å². The molecule has 0 atom stereocenters. The van der Waals surface area contributed by atoms with Crippen LogP contribution < -0.4 is 24.7 Å². The Hall–Kier alpha value is -3.33. The number of methoxy groups -OCH3 is 1. The second kappa shape index (κ2) is 8.66.